The number of phenolic OH excluding ortho intramolecular Hbond substituents is 1. The summed E-state index contributed by atoms with van der Waals surface area (Å²) in [5, 5.41) is 19.8. The average Bonchev–Trinajstić information content (AvgIpc) is 3.43. The molecule has 2 atom stereocenters. The van der Waals surface area contributed by atoms with Crippen LogP contribution in [0.25, 0.3) is 0 Å². The molecule has 1 amide bonds. The van der Waals surface area contributed by atoms with Crippen LogP contribution in [0, 0.1) is 5.92 Å². The molecule has 0 saturated carbocycles. The predicted molar refractivity (Wildman–Crippen MR) is 186 cm³/mol. The molecule has 1 aromatic carbocycles. The molecular weight excluding hydrogens is 602 g/mol. The van der Waals surface area contributed by atoms with E-state index in [1.54, 1.807) is 13.2 Å². The minimum Gasteiger partial charge on any atom is -0.504 e. The number of benzene rings is 1. The van der Waals surface area contributed by atoms with Crippen LogP contribution in [0.15, 0.2) is 18.2 Å². The Bertz CT molecular complexity index is 940. The van der Waals surface area contributed by atoms with Crippen LogP contribution in [-0.2, 0) is 30.3 Å². The number of nitrogens with one attached hydrogen (secondary N) is 3. The maximum absolute atomic E-state index is 12.3. The highest BCUT2D eigenvalue weighted by molar-refractivity contribution is 5.81. The number of aromatic hydroxyl groups is 1. The highest BCUT2D eigenvalue weighted by Crippen LogP contribution is 2.26. The van der Waals surface area contributed by atoms with Crippen molar-refractivity contribution in [2.75, 3.05) is 79.8 Å². The van der Waals surface area contributed by atoms with Crippen molar-refractivity contribution < 1.29 is 33.6 Å². The third kappa shape index (κ3) is 21.2. The van der Waals surface area contributed by atoms with Gasteiger partial charge in [0, 0.05) is 32.7 Å². The summed E-state index contributed by atoms with van der Waals surface area (Å²) in [5.41, 5.74) is 6.55. The molecule has 1 aromatic rings. The van der Waals surface area contributed by atoms with Crippen LogP contribution in [0.5, 0.6) is 11.5 Å². The van der Waals surface area contributed by atoms with Gasteiger partial charge in [0.25, 0.3) is 0 Å². The van der Waals surface area contributed by atoms with Crippen molar-refractivity contribution in [3.8, 4) is 11.5 Å². The number of carbonyl (C=O) groups is 2. The zero-order valence-electron chi connectivity index (χ0n) is 29.7. The van der Waals surface area contributed by atoms with Crippen LogP contribution in [0.2, 0.25) is 0 Å². The fraction of sp³-hybridized carbons (Fsp3) is 0.771. The number of hydrogen-bond donors (Lipinski definition) is 5. The lowest BCUT2D eigenvalue weighted by Gasteiger charge is -2.18. The van der Waals surface area contributed by atoms with Crippen molar-refractivity contribution in [3.05, 3.63) is 23.8 Å². The van der Waals surface area contributed by atoms with Crippen molar-refractivity contribution in [2.45, 2.75) is 90.9 Å². The number of phenols is 1. The number of nitrogens with zero attached hydrogens (tertiary/aromatic N) is 1. The van der Waals surface area contributed by atoms with Gasteiger partial charge in [0.2, 0.25) is 5.91 Å². The van der Waals surface area contributed by atoms with E-state index in [1.165, 1.54) is 20.0 Å². The molecule has 1 aliphatic heterocycles. The minimum absolute atomic E-state index is 0.0303. The fourth-order valence-corrected chi connectivity index (χ4v) is 5.12. The largest absolute Gasteiger partial charge is 0.504 e. The minimum atomic E-state index is -0.253. The molecule has 0 radical (unpaired) electrons. The number of unbranched alkanes of at least 4 members (excludes halogenated alkanes) is 4. The Morgan fingerprint density at radius 3 is 2.32 bits per heavy atom. The second-order valence-corrected chi connectivity index (χ2v) is 11.8. The van der Waals surface area contributed by atoms with E-state index < -0.39 is 0 Å². The van der Waals surface area contributed by atoms with Gasteiger partial charge in [0.15, 0.2) is 17.8 Å². The molecule has 47 heavy (non-hydrogen) atoms. The number of esters is 1. The first-order valence-corrected chi connectivity index (χ1v) is 17.6. The van der Waals surface area contributed by atoms with E-state index in [2.05, 4.69) is 20.7 Å². The lowest BCUT2D eigenvalue weighted by molar-refractivity contribution is -0.147. The number of nitrogens with two attached hydrogens (primary N) is 1. The van der Waals surface area contributed by atoms with Crippen molar-refractivity contribution in [1.82, 2.24) is 20.9 Å². The van der Waals surface area contributed by atoms with Crippen molar-refractivity contribution in [1.29, 1.82) is 0 Å². The summed E-state index contributed by atoms with van der Waals surface area (Å²) in [4.78, 5) is 25.2. The third-order valence-electron chi connectivity index (χ3n) is 7.92. The smallest absolute Gasteiger partial charge is 0.305 e. The molecule has 2 unspecified atom stereocenters. The molecule has 12 nitrogen and oxygen atoms in total. The second-order valence-electron chi connectivity index (χ2n) is 11.8. The Morgan fingerprint density at radius 2 is 1.64 bits per heavy atom. The van der Waals surface area contributed by atoms with Gasteiger partial charge >= 0.3 is 5.97 Å². The molecule has 272 valence electrons. The molecule has 0 spiro atoms. The van der Waals surface area contributed by atoms with Crippen LogP contribution in [0.4, 0.5) is 0 Å². The number of methoxy groups -OCH3 is 2. The number of likely N-dealkylation sites (tertiary alicyclic amines) is 1. The van der Waals surface area contributed by atoms with Crippen LogP contribution >= 0.6 is 0 Å². The maximum Gasteiger partial charge on any atom is 0.305 e. The first-order chi connectivity index (χ1) is 22.9. The standard InChI is InChI=1S/C18H34N4O2.C17H31NO5/c1-24-18-14-16(6-7-17(18)23)15-22-13-5-12-21-10-3-2-9-20-11-4-8-19;1-4-22-14(2)23-13-15-10-12-18(17(15)20)11-8-6-5-7-9-16(19)21-3/h6-7,14,20-23H,2-5,8-13,15,19H2,1H3;14-15H,4-13H2,1-3H3. The van der Waals surface area contributed by atoms with Gasteiger partial charge in [-0.15, -0.1) is 0 Å². The van der Waals surface area contributed by atoms with E-state index in [1.807, 2.05) is 30.9 Å². The summed E-state index contributed by atoms with van der Waals surface area (Å²) >= 11 is 0. The van der Waals surface area contributed by atoms with E-state index in [9.17, 15) is 14.7 Å². The van der Waals surface area contributed by atoms with Gasteiger partial charge < -0.3 is 50.6 Å². The first kappa shape index (κ1) is 42.5. The Hall–Kier alpha value is -2.48. The summed E-state index contributed by atoms with van der Waals surface area (Å²) in [6, 6.07) is 5.44. The normalized spacial score (nSPS) is 15.0. The summed E-state index contributed by atoms with van der Waals surface area (Å²) < 4.78 is 20.6. The molecule has 0 aromatic heterocycles. The molecule has 1 aliphatic rings. The highest BCUT2D eigenvalue weighted by atomic mass is 16.7. The third-order valence-corrected chi connectivity index (χ3v) is 7.92. The number of carbonyl (C=O) groups excluding carboxylic acids is 2. The fourth-order valence-electron chi connectivity index (χ4n) is 5.12. The van der Waals surface area contributed by atoms with Crippen LogP contribution in [0.3, 0.4) is 0 Å². The van der Waals surface area contributed by atoms with Crippen molar-refractivity contribution in [2.24, 2.45) is 11.7 Å². The number of amides is 1. The monoisotopic (exact) mass is 667 g/mol. The molecule has 0 bridgehead atoms. The van der Waals surface area contributed by atoms with Gasteiger partial charge in [-0.25, -0.2) is 0 Å². The molecule has 12 heteroatoms. The van der Waals surface area contributed by atoms with Gasteiger partial charge in [-0.1, -0.05) is 18.9 Å². The number of hydrogen-bond acceptors (Lipinski definition) is 11. The van der Waals surface area contributed by atoms with Gasteiger partial charge in [-0.05, 0) is 116 Å². The second kappa shape index (κ2) is 28.5. The lowest BCUT2D eigenvalue weighted by Crippen LogP contribution is -2.30. The predicted octanol–water partition coefficient (Wildman–Crippen LogP) is 3.55. The zero-order chi connectivity index (χ0) is 34.5. The molecular formula is C35H65N5O7. The van der Waals surface area contributed by atoms with Gasteiger partial charge in [-0.2, -0.15) is 0 Å². The van der Waals surface area contributed by atoms with Crippen LogP contribution in [0.1, 0.15) is 83.6 Å². The summed E-state index contributed by atoms with van der Waals surface area (Å²) in [7, 11) is 2.98. The van der Waals surface area contributed by atoms with Gasteiger partial charge in [0.05, 0.1) is 26.7 Å². The average molecular weight is 668 g/mol. The van der Waals surface area contributed by atoms with E-state index >= 15 is 0 Å². The van der Waals surface area contributed by atoms with Crippen LogP contribution in [-0.4, -0.2) is 108 Å². The molecule has 1 saturated heterocycles. The molecule has 1 fully saturated rings. The van der Waals surface area contributed by atoms with Gasteiger partial charge in [-0.3, -0.25) is 9.59 Å². The molecule has 6 N–H and O–H groups in total. The Labute approximate surface area is 283 Å². The maximum atomic E-state index is 12.3. The molecule has 2 rings (SSSR count). The topological polar surface area (TPSA) is 157 Å². The summed E-state index contributed by atoms with van der Waals surface area (Å²) in [6.45, 7) is 13.2. The molecule has 0 aliphatic carbocycles. The number of rotatable bonds is 27. The quantitative estimate of drug-likeness (QED) is 0.0531. The Kier molecular flexibility index (Phi) is 25.8. The highest BCUT2D eigenvalue weighted by Gasteiger charge is 2.31. The molecule has 1 heterocycles. The zero-order valence-corrected chi connectivity index (χ0v) is 29.7. The van der Waals surface area contributed by atoms with Crippen molar-refractivity contribution >= 4 is 11.9 Å². The first-order valence-electron chi connectivity index (χ1n) is 17.6. The lowest BCUT2D eigenvalue weighted by atomic mass is 10.1. The van der Waals surface area contributed by atoms with Crippen LogP contribution < -0.4 is 26.4 Å². The van der Waals surface area contributed by atoms with E-state index in [0.717, 1.165) is 109 Å². The van der Waals surface area contributed by atoms with Gasteiger partial charge in [0.1, 0.15) is 0 Å². The summed E-state index contributed by atoms with van der Waals surface area (Å²) in [5.74, 6) is 0.720. The van der Waals surface area contributed by atoms with E-state index in [4.69, 9.17) is 19.9 Å². The van der Waals surface area contributed by atoms with E-state index in [0.29, 0.717) is 25.4 Å². The Morgan fingerprint density at radius 1 is 0.957 bits per heavy atom. The van der Waals surface area contributed by atoms with Crippen molar-refractivity contribution in [3.63, 3.8) is 0 Å². The Balaban J connectivity index is 0.000000470. The number of ether oxygens (including phenoxy) is 4. The summed E-state index contributed by atoms with van der Waals surface area (Å²) in [6.07, 6.45) is 9.52. The van der Waals surface area contributed by atoms with E-state index in [-0.39, 0.29) is 29.8 Å². The SMILES string of the molecule is CCOC(C)OCC1CCN(CCCCCCC(=O)OC)C1=O.COc1cc(CNCCCNCCCCNCCCN)ccc1O.